The van der Waals surface area contributed by atoms with Gasteiger partial charge in [-0.3, -0.25) is 9.59 Å². The summed E-state index contributed by atoms with van der Waals surface area (Å²) in [6.07, 6.45) is 0.783. The Balaban J connectivity index is 2.79. The lowest BCUT2D eigenvalue weighted by Gasteiger charge is -2.17. The molecule has 1 aromatic carbocycles. The number of sulfonamides is 1. The van der Waals surface area contributed by atoms with Gasteiger partial charge in [-0.1, -0.05) is 6.92 Å². The van der Waals surface area contributed by atoms with Crippen LogP contribution < -0.4 is 4.72 Å². The molecule has 0 aliphatic rings. The van der Waals surface area contributed by atoms with Gasteiger partial charge >= 0.3 is 5.97 Å². The minimum atomic E-state index is -3.60. The number of carbonyl (C=O) groups excluding carboxylic acids is 2. The molecule has 0 radical (unpaired) electrons. The van der Waals surface area contributed by atoms with E-state index in [4.69, 9.17) is 0 Å². The number of amides is 1. The maximum absolute atomic E-state index is 12.2. The van der Waals surface area contributed by atoms with E-state index < -0.39 is 16.0 Å². The van der Waals surface area contributed by atoms with E-state index in [-0.39, 0.29) is 29.8 Å². The normalized spacial score (nSPS) is 12.5. The van der Waals surface area contributed by atoms with Crippen molar-refractivity contribution < 1.29 is 22.7 Å². The van der Waals surface area contributed by atoms with E-state index in [0.717, 1.165) is 0 Å². The Morgan fingerprint density at radius 2 is 1.83 bits per heavy atom. The summed E-state index contributed by atoms with van der Waals surface area (Å²) < 4.78 is 31.4. The van der Waals surface area contributed by atoms with E-state index >= 15 is 0 Å². The Kier molecular flexibility index (Phi) is 7.37. The van der Waals surface area contributed by atoms with Crippen LogP contribution in [-0.4, -0.2) is 51.9 Å². The summed E-state index contributed by atoms with van der Waals surface area (Å²) in [7, 11) is -0.737. The average Bonchev–Trinajstić information content (AvgIpc) is 2.58. The lowest BCUT2D eigenvalue weighted by molar-refractivity contribution is -0.140. The van der Waals surface area contributed by atoms with Crippen LogP contribution in [0.3, 0.4) is 0 Å². The van der Waals surface area contributed by atoms with E-state index in [1.807, 2.05) is 6.92 Å². The minimum Gasteiger partial charge on any atom is -0.469 e. The van der Waals surface area contributed by atoms with Crippen molar-refractivity contribution >= 4 is 21.9 Å². The smallest absolute Gasteiger partial charge is 0.307 e. The molecule has 0 spiro atoms. The zero-order valence-corrected chi connectivity index (χ0v) is 15.2. The van der Waals surface area contributed by atoms with Crippen LogP contribution in [-0.2, 0) is 19.6 Å². The fourth-order valence-corrected chi connectivity index (χ4v) is 3.20. The first kappa shape index (κ1) is 20.1. The van der Waals surface area contributed by atoms with Crippen LogP contribution in [0.25, 0.3) is 0 Å². The Bertz CT molecular complexity index is 670. The van der Waals surface area contributed by atoms with Crippen LogP contribution in [0.4, 0.5) is 0 Å². The van der Waals surface area contributed by atoms with Crippen molar-refractivity contribution in [1.29, 1.82) is 0 Å². The first-order valence-corrected chi connectivity index (χ1v) is 9.14. The van der Waals surface area contributed by atoms with Crippen molar-refractivity contribution in [2.24, 2.45) is 0 Å². The quantitative estimate of drug-likeness (QED) is 0.711. The molecule has 24 heavy (non-hydrogen) atoms. The maximum Gasteiger partial charge on any atom is 0.307 e. The zero-order valence-electron chi connectivity index (χ0n) is 14.4. The van der Waals surface area contributed by atoms with Gasteiger partial charge in [-0.05, 0) is 37.6 Å². The molecule has 0 aliphatic heterocycles. The zero-order chi connectivity index (χ0) is 18.3. The predicted octanol–water partition coefficient (Wildman–Crippen LogP) is 1.40. The van der Waals surface area contributed by atoms with Gasteiger partial charge in [0, 0.05) is 25.2 Å². The molecule has 1 atom stereocenters. The molecular weight excluding hydrogens is 332 g/mol. The Labute approximate surface area is 143 Å². The van der Waals surface area contributed by atoms with Gasteiger partial charge < -0.3 is 9.64 Å². The molecule has 1 N–H and O–H groups in total. The Morgan fingerprint density at radius 1 is 1.25 bits per heavy atom. The highest BCUT2D eigenvalue weighted by Gasteiger charge is 2.18. The van der Waals surface area contributed by atoms with E-state index in [9.17, 15) is 18.0 Å². The molecule has 134 valence electrons. The number of benzene rings is 1. The summed E-state index contributed by atoms with van der Waals surface area (Å²) in [6.45, 7) is 3.89. The van der Waals surface area contributed by atoms with Gasteiger partial charge in [0.05, 0.1) is 18.4 Å². The van der Waals surface area contributed by atoms with Crippen LogP contribution in [0.1, 0.15) is 37.0 Å². The number of hydrogen-bond acceptors (Lipinski definition) is 5. The lowest BCUT2D eigenvalue weighted by atomic mass is 10.2. The molecule has 0 bridgehead atoms. The minimum absolute atomic E-state index is 0.101. The van der Waals surface area contributed by atoms with E-state index in [1.54, 1.807) is 14.0 Å². The topological polar surface area (TPSA) is 92.8 Å². The monoisotopic (exact) mass is 356 g/mol. The third-order valence-electron chi connectivity index (χ3n) is 3.61. The third kappa shape index (κ3) is 5.61. The largest absolute Gasteiger partial charge is 0.469 e. The predicted molar refractivity (Wildman–Crippen MR) is 90.1 cm³/mol. The second-order valence-corrected chi connectivity index (χ2v) is 7.22. The number of nitrogens with one attached hydrogen (secondary N) is 1. The molecule has 0 aromatic heterocycles. The summed E-state index contributed by atoms with van der Waals surface area (Å²) in [5.41, 5.74) is 0.352. The maximum atomic E-state index is 12.2. The molecule has 1 rings (SSSR count). The second kappa shape index (κ2) is 8.79. The molecule has 0 saturated heterocycles. The van der Waals surface area contributed by atoms with Gasteiger partial charge in [0.15, 0.2) is 0 Å². The third-order valence-corrected chi connectivity index (χ3v) is 5.21. The molecule has 0 aliphatic carbocycles. The highest BCUT2D eigenvalue weighted by Crippen LogP contribution is 2.13. The molecule has 8 heteroatoms. The fourth-order valence-electron chi connectivity index (χ4n) is 1.88. The molecular formula is C16H24N2O5S. The van der Waals surface area contributed by atoms with Crippen molar-refractivity contribution in [3.05, 3.63) is 29.8 Å². The van der Waals surface area contributed by atoms with Gasteiger partial charge in [0.25, 0.3) is 5.91 Å². The van der Waals surface area contributed by atoms with Crippen LogP contribution in [0.5, 0.6) is 0 Å². The standard InChI is InChI=1S/C16H24N2O5S/c1-5-12(2)17-24(21,22)14-8-6-13(7-9-14)16(20)18(3)11-10-15(19)23-4/h6-9,12,17H,5,10-11H2,1-4H3. The van der Waals surface area contributed by atoms with Crippen LogP contribution in [0.2, 0.25) is 0 Å². The molecule has 0 fully saturated rings. The lowest BCUT2D eigenvalue weighted by Crippen LogP contribution is -2.32. The first-order chi connectivity index (χ1) is 11.2. The van der Waals surface area contributed by atoms with Gasteiger partial charge in [0.1, 0.15) is 0 Å². The average molecular weight is 356 g/mol. The highest BCUT2D eigenvalue weighted by molar-refractivity contribution is 7.89. The van der Waals surface area contributed by atoms with Gasteiger partial charge in [-0.25, -0.2) is 13.1 Å². The number of rotatable bonds is 8. The van der Waals surface area contributed by atoms with Crippen molar-refractivity contribution in [2.75, 3.05) is 20.7 Å². The molecule has 0 heterocycles. The molecule has 0 saturated carbocycles. The molecule has 7 nitrogen and oxygen atoms in total. The van der Waals surface area contributed by atoms with Crippen LogP contribution >= 0.6 is 0 Å². The SMILES string of the molecule is CCC(C)NS(=O)(=O)c1ccc(C(=O)N(C)CCC(=O)OC)cc1. The summed E-state index contributed by atoms with van der Waals surface area (Å²) >= 11 is 0. The van der Waals surface area contributed by atoms with Crippen LogP contribution in [0.15, 0.2) is 29.2 Å². The van der Waals surface area contributed by atoms with Crippen molar-refractivity contribution in [2.45, 2.75) is 37.6 Å². The van der Waals surface area contributed by atoms with Gasteiger partial charge in [0.2, 0.25) is 10.0 Å². The second-order valence-electron chi connectivity index (χ2n) is 5.51. The van der Waals surface area contributed by atoms with E-state index in [0.29, 0.717) is 12.0 Å². The summed E-state index contributed by atoms with van der Waals surface area (Å²) in [4.78, 5) is 24.8. The van der Waals surface area contributed by atoms with Gasteiger partial charge in [-0.2, -0.15) is 0 Å². The number of nitrogens with zero attached hydrogens (tertiary/aromatic N) is 1. The van der Waals surface area contributed by atoms with Crippen LogP contribution in [0, 0.1) is 0 Å². The van der Waals surface area contributed by atoms with E-state index in [2.05, 4.69) is 9.46 Å². The Hall–Kier alpha value is -1.93. The summed E-state index contributed by atoms with van der Waals surface area (Å²) in [5, 5.41) is 0. The van der Waals surface area contributed by atoms with Gasteiger partial charge in [-0.15, -0.1) is 0 Å². The fraction of sp³-hybridized carbons (Fsp3) is 0.500. The molecule has 1 unspecified atom stereocenters. The number of hydrogen-bond donors (Lipinski definition) is 1. The van der Waals surface area contributed by atoms with Crippen molar-refractivity contribution in [3.63, 3.8) is 0 Å². The molecule has 1 aromatic rings. The number of ether oxygens (including phenoxy) is 1. The highest BCUT2D eigenvalue weighted by atomic mass is 32.2. The van der Waals surface area contributed by atoms with E-state index in [1.165, 1.54) is 36.3 Å². The Morgan fingerprint density at radius 3 is 2.33 bits per heavy atom. The first-order valence-electron chi connectivity index (χ1n) is 7.66. The summed E-state index contributed by atoms with van der Waals surface area (Å²) in [6, 6.07) is 5.54. The number of carbonyl (C=O) groups is 2. The molecule has 1 amide bonds. The summed E-state index contributed by atoms with van der Waals surface area (Å²) in [5.74, 6) is -0.690. The number of esters is 1. The van der Waals surface area contributed by atoms with Crippen molar-refractivity contribution in [3.8, 4) is 0 Å². The van der Waals surface area contributed by atoms with Crippen molar-refractivity contribution in [1.82, 2.24) is 9.62 Å². The number of methoxy groups -OCH3 is 1.